The Kier molecular flexibility index (Phi) is 8.50. The van der Waals surface area contributed by atoms with Crippen molar-refractivity contribution in [3.8, 4) is 0 Å². The van der Waals surface area contributed by atoms with E-state index in [4.69, 9.17) is 9.97 Å². The molecule has 3 aromatic rings. The minimum absolute atomic E-state index is 0.0482. The summed E-state index contributed by atoms with van der Waals surface area (Å²) in [6.07, 6.45) is 5.54. The Morgan fingerprint density at radius 1 is 1.12 bits per heavy atom. The zero-order valence-corrected chi connectivity index (χ0v) is 21.0. The highest BCUT2D eigenvalue weighted by molar-refractivity contribution is 7.99. The molecule has 0 unspecified atom stereocenters. The van der Waals surface area contributed by atoms with E-state index in [1.165, 1.54) is 24.8 Å². The zero-order valence-electron chi connectivity index (χ0n) is 19.4. The molecule has 1 aromatic carbocycles. The Bertz CT molecular complexity index is 1050. The molecule has 0 aliphatic carbocycles. The molecule has 1 amide bonds. The number of rotatable bonds is 10. The smallest absolute Gasteiger partial charge is 0.230 e. The van der Waals surface area contributed by atoms with Crippen molar-refractivity contribution in [3.63, 3.8) is 0 Å². The molecule has 176 valence electrons. The van der Waals surface area contributed by atoms with Crippen LogP contribution < -0.4 is 10.2 Å². The topological polar surface area (TPSA) is 75.9 Å². The first-order valence-corrected chi connectivity index (χ1v) is 13.7. The number of benzene rings is 1. The Balaban J connectivity index is 1.38. The first-order valence-electron chi connectivity index (χ1n) is 11.6. The van der Waals surface area contributed by atoms with Gasteiger partial charge >= 0.3 is 0 Å². The lowest BCUT2D eigenvalue weighted by atomic mass is 10.1. The van der Waals surface area contributed by atoms with E-state index in [1.807, 2.05) is 29.1 Å². The van der Waals surface area contributed by atoms with Crippen molar-refractivity contribution in [2.24, 2.45) is 0 Å². The number of piperidine rings is 1. The predicted molar refractivity (Wildman–Crippen MR) is 138 cm³/mol. The molecule has 1 saturated heterocycles. The maximum absolute atomic E-state index is 12.3. The number of amides is 1. The fourth-order valence-electron chi connectivity index (χ4n) is 3.88. The number of aromatic nitrogens is 4. The Labute approximate surface area is 204 Å². The highest BCUT2D eigenvalue weighted by atomic mass is 32.2. The second-order valence-electron chi connectivity index (χ2n) is 8.48. The first kappa shape index (κ1) is 23.9. The molecule has 1 fully saturated rings. The van der Waals surface area contributed by atoms with Gasteiger partial charge in [0.2, 0.25) is 5.91 Å². The molecule has 0 radical (unpaired) electrons. The summed E-state index contributed by atoms with van der Waals surface area (Å²) in [4.78, 5) is 24.4. The molecule has 0 saturated carbocycles. The molecule has 33 heavy (non-hydrogen) atoms. The number of hydrogen-bond donors (Lipinski definition) is 1. The fourth-order valence-corrected chi connectivity index (χ4v) is 5.40. The first-order chi connectivity index (χ1) is 16.1. The van der Waals surface area contributed by atoms with E-state index in [-0.39, 0.29) is 5.91 Å². The summed E-state index contributed by atoms with van der Waals surface area (Å²) < 4.78 is 1.90. The quantitative estimate of drug-likeness (QED) is 0.338. The van der Waals surface area contributed by atoms with Gasteiger partial charge < -0.3 is 10.2 Å². The van der Waals surface area contributed by atoms with E-state index in [0.29, 0.717) is 24.1 Å². The lowest BCUT2D eigenvalue weighted by Crippen LogP contribution is -2.30. The third-order valence-electron chi connectivity index (χ3n) is 5.44. The summed E-state index contributed by atoms with van der Waals surface area (Å²) >= 11 is 3.30. The van der Waals surface area contributed by atoms with Gasteiger partial charge in [0.05, 0.1) is 23.9 Å². The van der Waals surface area contributed by atoms with Gasteiger partial charge in [-0.05, 0) is 24.8 Å². The number of carbonyl (C=O) groups is 1. The average molecular weight is 485 g/mol. The number of thioether (sulfide) groups is 2. The third kappa shape index (κ3) is 6.63. The number of anilines is 1. The van der Waals surface area contributed by atoms with E-state index >= 15 is 0 Å². The molecule has 0 atom stereocenters. The van der Waals surface area contributed by atoms with Gasteiger partial charge in [0.25, 0.3) is 0 Å². The molecular formula is C24H32N6OS2. The van der Waals surface area contributed by atoms with Crippen LogP contribution in [0.4, 0.5) is 5.82 Å². The van der Waals surface area contributed by atoms with Gasteiger partial charge in [-0.3, -0.25) is 4.79 Å². The predicted octanol–water partition coefficient (Wildman–Crippen LogP) is 4.37. The average Bonchev–Trinajstić information content (AvgIpc) is 3.22. The van der Waals surface area contributed by atoms with Gasteiger partial charge in [-0.15, -0.1) is 11.8 Å². The number of nitrogens with one attached hydrogen (secondary N) is 1. The van der Waals surface area contributed by atoms with Crippen molar-refractivity contribution in [2.45, 2.75) is 55.8 Å². The number of carbonyl (C=O) groups excluding carboxylic acids is 1. The molecule has 1 aliphatic heterocycles. The second kappa shape index (κ2) is 11.7. The fraction of sp³-hybridized carbons (Fsp3) is 0.500. The normalized spacial score (nSPS) is 14.2. The molecule has 9 heteroatoms. The van der Waals surface area contributed by atoms with Gasteiger partial charge in [0.1, 0.15) is 5.82 Å². The zero-order chi connectivity index (χ0) is 23.0. The van der Waals surface area contributed by atoms with Crippen LogP contribution in [-0.2, 0) is 17.1 Å². The minimum atomic E-state index is 0.0482. The summed E-state index contributed by atoms with van der Waals surface area (Å²) in [5.74, 6) is 2.33. The molecule has 1 N–H and O–H groups in total. The molecular weight excluding hydrogens is 452 g/mol. The van der Waals surface area contributed by atoms with Crippen LogP contribution in [0.25, 0.3) is 11.0 Å². The Morgan fingerprint density at radius 3 is 2.67 bits per heavy atom. The van der Waals surface area contributed by atoms with Gasteiger partial charge in [-0.25, -0.2) is 14.6 Å². The Hall–Kier alpha value is -2.26. The summed E-state index contributed by atoms with van der Waals surface area (Å²) in [5, 5.41) is 9.80. The maximum atomic E-state index is 12.3. The molecule has 4 rings (SSSR count). The van der Waals surface area contributed by atoms with E-state index in [9.17, 15) is 4.79 Å². The van der Waals surface area contributed by atoms with E-state index in [2.05, 4.69) is 41.3 Å². The standard InChI is InChI=1S/C24H32N6OS2/c1-18(2)33-24-27-22(29-12-7-4-8-13-29)20-15-26-30(23(20)28-24)14-11-25-21(31)17-32-16-19-9-5-3-6-10-19/h3,5-6,9-10,15,18H,4,7-8,11-14,16-17H2,1-2H3,(H,25,31). The van der Waals surface area contributed by atoms with Crippen LogP contribution in [0.3, 0.4) is 0 Å². The van der Waals surface area contributed by atoms with Crippen LogP contribution >= 0.6 is 23.5 Å². The van der Waals surface area contributed by atoms with Crippen molar-refractivity contribution in [1.29, 1.82) is 0 Å². The summed E-state index contributed by atoms with van der Waals surface area (Å²) in [7, 11) is 0. The number of nitrogens with zero attached hydrogens (tertiary/aromatic N) is 5. The van der Waals surface area contributed by atoms with Crippen LogP contribution in [0.2, 0.25) is 0 Å². The molecule has 0 spiro atoms. The van der Waals surface area contributed by atoms with Crippen molar-refractivity contribution >= 4 is 46.3 Å². The highest BCUT2D eigenvalue weighted by Gasteiger charge is 2.20. The maximum Gasteiger partial charge on any atom is 0.230 e. The second-order valence-corrected chi connectivity index (χ2v) is 11.0. The highest BCUT2D eigenvalue weighted by Crippen LogP contribution is 2.30. The van der Waals surface area contributed by atoms with Gasteiger partial charge in [0, 0.05) is 30.6 Å². The van der Waals surface area contributed by atoms with Gasteiger partial charge in [0.15, 0.2) is 10.8 Å². The van der Waals surface area contributed by atoms with Crippen molar-refractivity contribution in [1.82, 2.24) is 25.1 Å². The van der Waals surface area contributed by atoms with Gasteiger partial charge in [-0.2, -0.15) is 5.10 Å². The van der Waals surface area contributed by atoms with Crippen LogP contribution in [0.1, 0.15) is 38.7 Å². The monoisotopic (exact) mass is 484 g/mol. The van der Waals surface area contributed by atoms with Gasteiger partial charge in [-0.1, -0.05) is 55.9 Å². The lowest BCUT2D eigenvalue weighted by molar-refractivity contribution is -0.118. The molecule has 1 aliphatic rings. The van der Waals surface area contributed by atoms with E-state index < -0.39 is 0 Å². The van der Waals surface area contributed by atoms with E-state index in [0.717, 1.165) is 40.9 Å². The summed E-state index contributed by atoms with van der Waals surface area (Å²) in [6, 6.07) is 10.2. The van der Waals surface area contributed by atoms with Crippen molar-refractivity contribution in [3.05, 3.63) is 42.1 Å². The van der Waals surface area contributed by atoms with Crippen molar-refractivity contribution < 1.29 is 4.79 Å². The molecule has 3 heterocycles. The molecule has 7 nitrogen and oxygen atoms in total. The van der Waals surface area contributed by atoms with Crippen LogP contribution in [0.15, 0.2) is 41.7 Å². The lowest BCUT2D eigenvalue weighted by Gasteiger charge is -2.28. The van der Waals surface area contributed by atoms with Crippen molar-refractivity contribution in [2.75, 3.05) is 30.3 Å². The Morgan fingerprint density at radius 2 is 1.91 bits per heavy atom. The summed E-state index contributed by atoms with van der Waals surface area (Å²) in [6.45, 7) is 7.47. The summed E-state index contributed by atoms with van der Waals surface area (Å²) in [5.41, 5.74) is 2.08. The SMILES string of the molecule is CC(C)Sc1nc(N2CCCCC2)c2cnn(CCNC(=O)CSCc3ccccc3)c2n1. The van der Waals surface area contributed by atoms with Crippen LogP contribution in [-0.4, -0.2) is 56.3 Å². The minimum Gasteiger partial charge on any atom is -0.356 e. The van der Waals surface area contributed by atoms with E-state index in [1.54, 1.807) is 23.5 Å². The molecule has 2 aromatic heterocycles. The molecule has 0 bridgehead atoms. The number of hydrogen-bond acceptors (Lipinski definition) is 7. The largest absolute Gasteiger partial charge is 0.356 e. The third-order valence-corrected chi connectivity index (χ3v) is 7.31. The van der Waals surface area contributed by atoms with Crippen LogP contribution in [0, 0.1) is 0 Å². The van der Waals surface area contributed by atoms with Crippen LogP contribution in [0.5, 0.6) is 0 Å². The number of fused-ring (bicyclic) bond motifs is 1.